The van der Waals surface area contributed by atoms with Crippen molar-refractivity contribution in [1.82, 2.24) is 10.2 Å². The highest BCUT2D eigenvalue weighted by Crippen LogP contribution is 2.20. The molecule has 1 atom stereocenters. The lowest BCUT2D eigenvalue weighted by molar-refractivity contribution is 0.326. The molecule has 2 nitrogen and oxygen atoms in total. The summed E-state index contributed by atoms with van der Waals surface area (Å²) in [7, 11) is 2.19. The lowest BCUT2D eigenvalue weighted by Gasteiger charge is -2.20. The number of halogens is 1. The Labute approximate surface area is 99.8 Å². The highest BCUT2D eigenvalue weighted by atomic mass is 79.9. The minimum Gasteiger partial charge on any atom is -0.309 e. The Kier molecular flexibility index (Phi) is 3.78. The summed E-state index contributed by atoms with van der Waals surface area (Å²) in [6, 6.07) is 9.05. The van der Waals surface area contributed by atoms with Gasteiger partial charge < -0.3 is 10.2 Å². The molecule has 1 unspecified atom stereocenters. The molecule has 0 bridgehead atoms. The van der Waals surface area contributed by atoms with Gasteiger partial charge in [0.25, 0.3) is 0 Å². The van der Waals surface area contributed by atoms with E-state index in [1.54, 1.807) is 0 Å². The van der Waals surface area contributed by atoms with Crippen molar-refractivity contribution in [3.63, 3.8) is 0 Å². The van der Waals surface area contributed by atoms with Crippen LogP contribution in [0.3, 0.4) is 0 Å². The zero-order valence-electron chi connectivity index (χ0n) is 9.04. The fraction of sp³-hybridized carbons (Fsp3) is 0.500. The summed E-state index contributed by atoms with van der Waals surface area (Å²) >= 11 is 3.52. The highest BCUT2D eigenvalue weighted by Gasteiger charge is 2.16. The standard InChI is InChI=1S/C12H17BrN2/c1-15-7-3-6-14-12(9-15)10-4-2-5-11(13)8-10/h2,4-5,8,12,14H,3,6-7,9H2,1H3. The minimum absolute atomic E-state index is 0.468. The molecule has 1 saturated heterocycles. The Morgan fingerprint density at radius 2 is 2.33 bits per heavy atom. The molecule has 1 aromatic carbocycles. The Morgan fingerprint density at radius 3 is 3.13 bits per heavy atom. The molecule has 0 spiro atoms. The first-order chi connectivity index (χ1) is 7.25. The molecule has 3 heteroatoms. The van der Waals surface area contributed by atoms with Gasteiger partial charge in [-0.3, -0.25) is 0 Å². The van der Waals surface area contributed by atoms with E-state index < -0.39 is 0 Å². The van der Waals surface area contributed by atoms with Crippen LogP contribution in [0.15, 0.2) is 28.7 Å². The van der Waals surface area contributed by atoms with Crippen LogP contribution in [0.1, 0.15) is 18.0 Å². The number of benzene rings is 1. The minimum atomic E-state index is 0.468. The Bertz CT molecular complexity index is 327. The van der Waals surface area contributed by atoms with E-state index in [1.165, 1.54) is 18.5 Å². The van der Waals surface area contributed by atoms with Crippen LogP contribution in [0.25, 0.3) is 0 Å². The summed E-state index contributed by atoms with van der Waals surface area (Å²) in [6.07, 6.45) is 1.24. The van der Waals surface area contributed by atoms with Crippen molar-refractivity contribution in [3.8, 4) is 0 Å². The molecule has 0 aliphatic carbocycles. The Hall–Kier alpha value is -0.380. The van der Waals surface area contributed by atoms with E-state index in [2.05, 4.69) is 57.5 Å². The first kappa shape index (κ1) is 11.1. The molecule has 1 fully saturated rings. The monoisotopic (exact) mass is 268 g/mol. The fourth-order valence-corrected chi connectivity index (χ4v) is 2.46. The summed E-state index contributed by atoms with van der Waals surface area (Å²) in [4.78, 5) is 2.39. The van der Waals surface area contributed by atoms with E-state index in [0.717, 1.165) is 17.6 Å². The van der Waals surface area contributed by atoms with Gasteiger partial charge in [-0.25, -0.2) is 0 Å². The van der Waals surface area contributed by atoms with Gasteiger partial charge in [0.2, 0.25) is 0 Å². The van der Waals surface area contributed by atoms with Crippen LogP contribution >= 0.6 is 15.9 Å². The van der Waals surface area contributed by atoms with Crippen molar-refractivity contribution in [2.75, 3.05) is 26.7 Å². The predicted molar refractivity (Wildman–Crippen MR) is 67.0 cm³/mol. The topological polar surface area (TPSA) is 15.3 Å². The molecule has 1 aliphatic heterocycles. The molecule has 1 aromatic rings. The largest absolute Gasteiger partial charge is 0.309 e. The first-order valence-electron chi connectivity index (χ1n) is 5.43. The van der Waals surface area contributed by atoms with Crippen LogP contribution in [0, 0.1) is 0 Å². The Balaban J connectivity index is 2.14. The average molecular weight is 269 g/mol. The van der Waals surface area contributed by atoms with Crippen LogP contribution in [-0.4, -0.2) is 31.6 Å². The molecule has 1 heterocycles. The second-order valence-electron chi connectivity index (χ2n) is 4.18. The third-order valence-corrected chi connectivity index (χ3v) is 3.35. The van der Waals surface area contributed by atoms with Crippen LogP contribution in [0.2, 0.25) is 0 Å². The normalized spacial score (nSPS) is 23.7. The number of rotatable bonds is 1. The zero-order valence-corrected chi connectivity index (χ0v) is 10.6. The van der Waals surface area contributed by atoms with Gasteiger partial charge in [-0.05, 0) is 44.3 Å². The van der Waals surface area contributed by atoms with Crippen LogP contribution in [0.5, 0.6) is 0 Å². The van der Waals surface area contributed by atoms with E-state index >= 15 is 0 Å². The second kappa shape index (κ2) is 5.10. The number of nitrogens with one attached hydrogen (secondary N) is 1. The van der Waals surface area contributed by atoms with Crippen molar-refractivity contribution in [2.45, 2.75) is 12.5 Å². The SMILES string of the molecule is CN1CCCNC(c2cccc(Br)c2)C1. The lowest BCUT2D eigenvalue weighted by atomic mass is 10.1. The number of likely N-dealkylation sites (N-methyl/N-ethyl adjacent to an activating group) is 1. The molecule has 0 aromatic heterocycles. The second-order valence-corrected chi connectivity index (χ2v) is 5.09. The number of hydrogen-bond acceptors (Lipinski definition) is 2. The van der Waals surface area contributed by atoms with Crippen LogP contribution in [0.4, 0.5) is 0 Å². The molecular weight excluding hydrogens is 252 g/mol. The molecule has 82 valence electrons. The molecular formula is C12H17BrN2. The van der Waals surface area contributed by atoms with Gasteiger partial charge in [-0.2, -0.15) is 0 Å². The molecule has 15 heavy (non-hydrogen) atoms. The van der Waals surface area contributed by atoms with Gasteiger partial charge in [0.15, 0.2) is 0 Å². The lowest BCUT2D eigenvalue weighted by Crippen LogP contribution is -2.28. The Morgan fingerprint density at radius 1 is 1.47 bits per heavy atom. The highest BCUT2D eigenvalue weighted by molar-refractivity contribution is 9.10. The molecule has 0 amide bonds. The third kappa shape index (κ3) is 3.03. The van der Waals surface area contributed by atoms with Crippen molar-refractivity contribution in [1.29, 1.82) is 0 Å². The van der Waals surface area contributed by atoms with Crippen molar-refractivity contribution in [2.24, 2.45) is 0 Å². The summed E-state index contributed by atoms with van der Waals surface area (Å²) in [6.45, 7) is 3.40. The average Bonchev–Trinajstić information content (AvgIpc) is 2.43. The van der Waals surface area contributed by atoms with E-state index in [9.17, 15) is 0 Å². The quantitative estimate of drug-likeness (QED) is 0.842. The fourth-order valence-electron chi connectivity index (χ4n) is 2.04. The van der Waals surface area contributed by atoms with Gasteiger partial charge in [-0.15, -0.1) is 0 Å². The maximum absolute atomic E-state index is 3.59. The van der Waals surface area contributed by atoms with E-state index in [-0.39, 0.29) is 0 Å². The van der Waals surface area contributed by atoms with Gasteiger partial charge in [0.1, 0.15) is 0 Å². The van der Waals surface area contributed by atoms with Gasteiger partial charge >= 0.3 is 0 Å². The van der Waals surface area contributed by atoms with Crippen molar-refractivity contribution in [3.05, 3.63) is 34.3 Å². The third-order valence-electron chi connectivity index (χ3n) is 2.85. The molecule has 1 N–H and O–H groups in total. The molecule has 0 radical (unpaired) electrons. The van der Waals surface area contributed by atoms with Crippen LogP contribution < -0.4 is 5.32 Å². The van der Waals surface area contributed by atoms with Gasteiger partial charge in [-0.1, -0.05) is 28.1 Å². The number of nitrogens with zero attached hydrogens (tertiary/aromatic N) is 1. The summed E-state index contributed by atoms with van der Waals surface area (Å²) in [5.41, 5.74) is 1.37. The number of hydrogen-bond donors (Lipinski definition) is 1. The summed E-state index contributed by atoms with van der Waals surface area (Å²) < 4.78 is 1.16. The van der Waals surface area contributed by atoms with Crippen LogP contribution in [-0.2, 0) is 0 Å². The van der Waals surface area contributed by atoms with Crippen molar-refractivity contribution < 1.29 is 0 Å². The van der Waals surface area contributed by atoms with Crippen molar-refractivity contribution >= 4 is 15.9 Å². The molecule has 2 rings (SSSR count). The van der Waals surface area contributed by atoms with E-state index in [4.69, 9.17) is 0 Å². The maximum Gasteiger partial charge on any atom is 0.0449 e. The zero-order chi connectivity index (χ0) is 10.7. The predicted octanol–water partition coefficient (Wildman–Crippen LogP) is 2.42. The summed E-state index contributed by atoms with van der Waals surface area (Å²) in [5, 5.41) is 3.59. The first-order valence-corrected chi connectivity index (χ1v) is 6.22. The molecule has 0 saturated carbocycles. The van der Waals surface area contributed by atoms with Gasteiger partial charge in [0, 0.05) is 17.1 Å². The smallest absolute Gasteiger partial charge is 0.0449 e. The van der Waals surface area contributed by atoms with Gasteiger partial charge in [0.05, 0.1) is 0 Å². The van der Waals surface area contributed by atoms with E-state index in [1.807, 2.05) is 0 Å². The molecule has 1 aliphatic rings. The van der Waals surface area contributed by atoms with E-state index in [0.29, 0.717) is 6.04 Å². The summed E-state index contributed by atoms with van der Waals surface area (Å²) in [5.74, 6) is 0. The maximum atomic E-state index is 3.59.